The van der Waals surface area contributed by atoms with Crippen molar-refractivity contribution in [3.63, 3.8) is 0 Å². The van der Waals surface area contributed by atoms with Crippen LogP contribution in [0, 0.1) is 6.92 Å². The van der Waals surface area contributed by atoms with E-state index in [0.29, 0.717) is 12.1 Å². The third-order valence-electron chi connectivity index (χ3n) is 3.67. The molecule has 120 valence electrons. The monoisotopic (exact) mass is 324 g/mol. The summed E-state index contributed by atoms with van der Waals surface area (Å²) in [4.78, 5) is 25.2. The summed E-state index contributed by atoms with van der Waals surface area (Å²) >= 11 is 0. The molecule has 1 unspecified atom stereocenters. The Balaban J connectivity index is 2.02. The second kappa shape index (κ2) is 6.48. The lowest BCUT2D eigenvalue weighted by Crippen LogP contribution is -2.44. The Bertz CT molecular complexity index is 685. The molecule has 7 heteroatoms. The van der Waals surface area contributed by atoms with Crippen molar-refractivity contribution in [3.8, 4) is 0 Å². The van der Waals surface area contributed by atoms with Crippen LogP contribution in [0.4, 0.5) is 5.69 Å². The average Bonchev–Trinajstić information content (AvgIpc) is 2.75. The molecule has 1 heterocycles. The second-order valence-electron chi connectivity index (χ2n) is 5.62. The Hall–Kier alpha value is -1.89. The van der Waals surface area contributed by atoms with Crippen LogP contribution in [0.5, 0.6) is 0 Å². The minimum Gasteiger partial charge on any atom is -0.330 e. The van der Waals surface area contributed by atoms with Gasteiger partial charge in [0.2, 0.25) is 11.8 Å². The zero-order valence-corrected chi connectivity index (χ0v) is 13.5. The summed E-state index contributed by atoms with van der Waals surface area (Å²) in [6, 6.07) is 6.93. The van der Waals surface area contributed by atoms with Gasteiger partial charge in [-0.05, 0) is 31.0 Å². The number of benzene rings is 1. The largest absolute Gasteiger partial charge is 0.330 e. The van der Waals surface area contributed by atoms with Gasteiger partial charge in [0, 0.05) is 18.7 Å². The highest BCUT2D eigenvalue weighted by molar-refractivity contribution is 7.91. The molecule has 0 aliphatic carbocycles. The van der Waals surface area contributed by atoms with Gasteiger partial charge in [0.15, 0.2) is 9.84 Å². The summed E-state index contributed by atoms with van der Waals surface area (Å²) in [5, 5.41) is 2.73. The lowest BCUT2D eigenvalue weighted by molar-refractivity contribution is -0.134. The SMILES string of the molecule is CC(=O)N(CC(=O)Nc1cccc(C)c1)C1CCS(=O)(=O)C1. The van der Waals surface area contributed by atoms with Crippen LogP contribution in [0.25, 0.3) is 0 Å². The summed E-state index contributed by atoms with van der Waals surface area (Å²) < 4.78 is 23.1. The van der Waals surface area contributed by atoms with E-state index in [1.54, 1.807) is 6.07 Å². The molecule has 2 rings (SSSR count). The zero-order valence-electron chi connectivity index (χ0n) is 12.7. The summed E-state index contributed by atoms with van der Waals surface area (Å²) in [6.07, 6.45) is 0.389. The smallest absolute Gasteiger partial charge is 0.244 e. The molecule has 1 aromatic carbocycles. The number of carbonyl (C=O) groups is 2. The topological polar surface area (TPSA) is 83.6 Å². The van der Waals surface area contributed by atoms with Gasteiger partial charge in [-0.2, -0.15) is 0 Å². The van der Waals surface area contributed by atoms with Gasteiger partial charge in [-0.25, -0.2) is 8.42 Å². The van der Waals surface area contributed by atoms with Crippen LogP contribution < -0.4 is 5.32 Å². The van der Waals surface area contributed by atoms with Crippen molar-refractivity contribution < 1.29 is 18.0 Å². The summed E-state index contributed by atoms with van der Waals surface area (Å²) in [7, 11) is -3.10. The molecule has 1 aliphatic rings. The molecule has 1 aliphatic heterocycles. The molecule has 1 saturated heterocycles. The number of hydrogen-bond acceptors (Lipinski definition) is 4. The van der Waals surface area contributed by atoms with Gasteiger partial charge in [-0.1, -0.05) is 12.1 Å². The van der Waals surface area contributed by atoms with Crippen molar-refractivity contribution in [3.05, 3.63) is 29.8 Å². The number of sulfone groups is 1. The second-order valence-corrected chi connectivity index (χ2v) is 7.85. The molecular formula is C15H20N2O4S. The van der Waals surface area contributed by atoms with Gasteiger partial charge in [0.1, 0.15) is 6.54 Å². The Morgan fingerprint density at radius 3 is 2.64 bits per heavy atom. The lowest BCUT2D eigenvalue weighted by atomic mass is 10.2. The van der Waals surface area contributed by atoms with Crippen molar-refractivity contribution in [1.82, 2.24) is 4.90 Å². The standard InChI is InChI=1S/C15H20N2O4S/c1-11-4-3-5-13(8-11)16-15(19)9-17(12(2)18)14-6-7-22(20,21)10-14/h3-5,8,14H,6-7,9-10H2,1-2H3,(H,16,19). The molecule has 1 atom stereocenters. The maximum absolute atomic E-state index is 12.1. The number of hydrogen-bond donors (Lipinski definition) is 1. The van der Waals surface area contributed by atoms with Crippen LogP contribution in [0.3, 0.4) is 0 Å². The highest BCUT2D eigenvalue weighted by atomic mass is 32.2. The number of carbonyl (C=O) groups excluding carboxylic acids is 2. The molecule has 0 spiro atoms. The van der Waals surface area contributed by atoms with Crippen molar-refractivity contribution >= 4 is 27.3 Å². The van der Waals surface area contributed by atoms with Crippen LogP contribution in [-0.2, 0) is 19.4 Å². The van der Waals surface area contributed by atoms with Crippen molar-refractivity contribution in [2.75, 3.05) is 23.4 Å². The van der Waals surface area contributed by atoms with Crippen LogP contribution in [-0.4, -0.2) is 49.2 Å². The van der Waals surface area contributed by atoms with Gasteiger partial charge in [-0.3, -0.25) is 9.59 Å². The predicted octanol–water partition coefficient (Wildman–Crippen LogP) is 0.969. The third-order valence-corrected chi connectivity index (χ3v) is 5.42. The number of aryl methyl sites for hydroxylation is 1. The predicted molar refractivity (Wildman–Crippen MR) is 84.3 cm³/mol. The van der Waals surface area contributed by atoms with Crippen molar-refractivity contribution in [1.29, 1.82) is 0 Å². The normalized spacial score (nSPS) is 19.6. The molecule has 0 aromatic heterocycles. The molecule has 1 N–H and O–H groups in total. The first kappa shape index (κ1) is 16.5. The minimum absolute atomic E-state index is 0.0652. The molecule has 0 bridgehead atoms. The number of amides is 2. The van der Waals surface area contributed by atoms with Crippen molar-refractivity contribution in [2.24, 2.45) is 0 Å². The van der Waals surface area contributed by atoms with E-state index in [-0.39, 0.29) is 29.9 Å². The van der Waals surface area contributed by atoms with Gasteiger partial charge >= 0.3 is 0 Å². The van der Waals surface area contributed by atoms with Crippen LogP contribution >= 0.6 is 0 Å². The first-order valence-corrected chi connectivity index (χ1v) is 8.93. The first-order valence-electron chi connectivity index (χ1n) is 7.11. The maximum atomic E-state index is 12.1. The average molecular weight is 324 g/mol. The van der Waals surface area contributed by atoms with E-state index in [1.807, 2.05) is 25.1 Å². The fourth-order valence-electron chi connectivity index (χ4n) is 2.60. The van der Waals surface area contributed by atoms with Gasteiger partial charge < -0.3 is 10.2 Å². The van der Waals surface area contributed by atoms with Crippen LogP contribution in [0.1, 0.15) is 18.9 Å². The lowest BCUT2D eigenvalue weighted by Gasteiger charge is -2.26. The van der Waals surface area contributed by atoms with E-state index in [0.717, 1.165) is 5.56 Å². The minimum atomic E-state index is -3.10. The number of rotatable bonds is 4. The van der Waals surface area contributed by atoms with E-state index < -0.39 is 15.9 Å². The molecule has 0 saturated carbocycles. The Morgan fingerprint density at radius 1 is 1.36 bits per heavy atom. The Kier molecular flexibility index (Phi) is 4.85. The van der Waals surface area contributed by atoms with Crippen LogP contribution in [0.2, 0.25) is 0 Å². The fourth-order valence-corrected chi connectivity index (χ4v) is 4.33. The van der Waals surface area contributed by atoms with Gasteiger partial charge in [-0.15, -0.1) is 0 Å². The van der Waals surface area contributed by atoms with E-state index in [4.69, 9.17) is 0 Å². The maximum Gasteiger partial charge on any atom is 0.244 e. The Morgan fingerprint density at radius 2 is 2.09 bits per heavy atom. The van der Waals surface area contributed by atoms with Crippen molar-refractivity contribution in [2.45, 2.75) is 26.3 Å². The summed E-state index contributed by atoms with van der Waals surface area (Å²) in [5.41, 5.74) is 1.68. The number of nitrogens with one attached hydrogen (secondary N) is 1. The molecule has 0 radical (unpaired) electrons. The highest BCUT2D eigenvalue weighted by Gasteiger charge is 2.34. The Labute approximate surface area is 130 Å². The third kappa shape index (κ3) is 4.30. The summed E-state index contributed by atoms with van der Waals surface area (Å²) in [6.45, 7) is 3.13. The van der Waals surface area contributed by atoms with E-state index >= 15 is 0 Å². The fraction of sp³-hybridized carbons (Fsp3) is 0.467. The van der Waals surface area contributed by atoms with E-state index in [9.17, 15) is 18.0 Å². The van der Waals surface area contributed by atoms with E-state index in [1.165, 1.54) is 11.8 Å². The van der Waals surface area contributed by atoms with Crippen LogP contribution in [0.15, 0.2) is 24.3 Å². The van der Waals surface area contributed by atoms with Gasteiger partial charge in [0.25, 0.3) is 0 Å². The number of anilines is 1. The quantitative estimate of drug-likeness (QED) is 0.894. The highest BCUT2D eigenvalue weighted by Crippen LogP contribution is 2.18. The molecule has 6 nitrogen and oxygen atoms in total. The first-order chi connectivity index (χ1) is 10.3. The molecule has 2 amide bonds. The van der Waals surface area contributed by atoms with E-state index in [2.05, 4.69) is 5.32 Å². The molecule has 1 fully saturated rings. The molecule has 22 heavy (non-hydrogen) atoms. The summed E-state index contributed by atoms with van der Waals surface area (Å²) in [5.74, 6) is -0.614. The van der Waals surface area contributed by atoms with Gasteiger partial charge in [0.05, 0.1) is 11.5 Å². The molecular weight excluding hydrogens is 304 g/mol. The zero-order chi connectivity index (χ0) is 16.3. The molecule has 1 aromatic rings. The number of nitrogens with zero attached hydrogens (tertiary/aromatic N) is 1.